The summed E-state index contributed by atoms with van der Waals surface area (Å²) in [5.74, 6) is -0.403. The molecule has 0 aliphatic heterocycles. The Labute approximate surface area is 174 Å². The maximum absolute atomic E-state index is 12.7. The quantitative estimate of drug-likeness (QED) is 0.640. The summed E-state index contributed by atoms with van der Waals surface area (Å²) in [5, 5.41) is 5.91. The van der Waals surface area contributed by atoms with Gasteiger partial charge in [-0.05, 0) is 41.3 Å². The molecule has 0 saturated carbocycles. The third kappa shape index (κ3) is 5.18. The summed E-state index contributed by atoms with van der Waals surface area (Å²) in [7, 11) is 0. The topological polar surface area (TPSA) is 84.0 Å². The van der Waals surface area contributed by atoms with Crippen LogP contribution in [-0.2, 0) is 5.41 Å². The van der Waals surface area contributed by atoms with Gasteiger partial charge in [0, 0.05) is 24.2 Å². The summed E-state index contributed by atoms with van der Waals surface area (Å²) >= 11 is 5.81. The number of carbonyl (C=O) groups excluding carboxylic acids is 2. The van der Waals surface area contributed by atoms with Crippen LogP contribution in [0.15, 0.2) is 61.1 Å². The molecule has 0 saturated heterocycles. The molecule has 0 bridgehead atoms. The monoisotopic (exact) mass is 408 g/mol. The number of hydrogen-bond acceptors (Lipinski definition) is 4. The van der Waals surface area contributed by atoms with Crippen molar-refractivity contribution in [2.45, 2.75) is 26.2 Å². The normalized spacial score (nSPS) is 11.0. The van der Waals surface area contributed by atoms with Gasteiger partial charge in [0.25, 0.3) is 11.8 Å². The van der Waals surface area contributed by atoms with Crippen LogP contribution >= 0.6 is 11.6 Å². The van der Waals surface area contributed by atoms with Crippen molar-refractivity contribution in [3.05, 3.63) is 82.8 Å². The van der Waals surface area contributed by atoms with Crippen LogP contribution in [0.25, 0.3) is 0 Å². The number of anilines is 2. The highest BCUT2D eigenvalue weighted by Gasteiger charge is 2.17. The Morgan fingerprint density at radius 2 is 1.62 bits per heavy atom. The zero-order chi connectivity index (χ0) is 21.0. The first kappa shape index (κ1) is 20.5. The lowest BCUT2D eigenvalue weighted by Gasteiger charge is -2.19. The summed E-state index contributed by atoms with van der Waals surface area (Å²) in [5.41, 5.74) is 2.22. The minimum Gasteiger partial charge on any atom is -0.321 e. The van der Waals surface area contributed by atoms with E-state index >= 15 is 0 Å². The van der Waals surface area contributed by atoms with E-state index < -0.39 is 5.91 Å². The van der Waals surface area contributed by atoms with Crippen LogP contribution in [0.5, 0.6) is 0 Å². The van der Waals surface area contributed by atoms with Crippen molar-refractivity contribution in [2.24, 2.45) is 0 Å². The van der Waals surface area contributed by atoms with E-state index in [-0.39, 0.29) is 16.9 Å². The summed E-state index contributed by atoms with van der Waals surface area (Å²) in [6.45, 7) is 6.33. The summed E-state index contributed by atoms with van der Waals surface area (Å²) < 4.78 is 0. The highest BCUT2D eigenvalue weighted by molar-refractivity contribution is 6.30. The molecule has 0 radical (unpaired) electrons. The zero-order valence-corrected chi connectivity index (χ0v) is 17.1. The number of nitrogens with one attached hydrogen (secondary N) is 2. The number of halogens is 1. The number of carbonyl (C=O) groups is 2. The SMILES string of the molecule is CC(C)(C)c1ccc(C(=O)Nc2ccncc2C(=O)Nc2ccc(Cl)cn2)cc1. The van der Waals surface area contributed by atoms with Gasteiger partial charge in [0.1, 0.15) is 5.82 Å². The fraction of sp³-hybridized carbons (Fsp3) is 0.182. The van der Waals surface area contributed by atoms with Crippen molar-refractivity contribution in [3.8, 4) is 0 Å². The minimum absolute atomic E-state index is 0.00106. The van der Waals surface area contributed by atoms with E-state index in [4.69, 9.17) is 11.6 Å². The average Bonchev–Trinajstić information content (AvgIpc) is 2.69. The Morgan fingerprint density at radius 1 is 0.897 bits per heavy atom. The smallest absolute Gasteiger partial charge is 0.260 e. The molecule has 3 aromatic rings. The third-order valence-electron chi connectivity index (χ3n) is 4.30. The van der Waals surface area contributed by atoms with Crippen LogP contribution in [0.1, 0.15) is 47.1 Å². The van der Waals surface area contributed by atoms with Gasteiger partial charge in [0.15, 0.2) is 0 Å². The molecular weight excluding hydrogens is 388 g/mol. The molecular formula is C22H21ClN4O2. The lowest BCUT2D eigenvalue weighted by atomic mass is 9.87. The van der Waals surface area contributed by atoms with Gasteiger partial charge in [-0.15, -0.1) is 0 Å². The van der Waals surface area contributed by atoms with E-state index in [9.17, 15) is 9.59 Å². The molecule has 29 heavy (non-hydrogen) atoms. The summed E-state index contributed by atoms with van der Waals surface area (Å²) in [6.07, 6.45) is 4.34. The van der Waals surface area contributed by atoms with Crippen LogP contribution in [0, 0.1) is 0 Å². The molecule has 6 nitrogen and oxygen atoms in total. The molecule has 0 unspecified atom stereocenters. The Bertz CT molecular complexity index is 1030. The summed E-state index contributed by atoms with van der Waals surface area (Å²) in [4.78, 5) is 33.3. The molecule has 2 amide bonds. The number of rotatable bonds is 4. The predicted molar refractivity (Wildman–Crippen MR) is 115 cm³/mol. The Balaban J connectivity index is 1.77. The fourth-order valence-corrected chi connectivity index (χ4v) is 2.75. The highest BCUT2D eigenvalue weighted by atomic mass is 35.5. The molecule has 7 heteroatoms. The highest BCUT2D eigenvalue weighted by Crippen LogP contribution is 2.23. The lowest BCUT2D eigenvalue weighted by molar-refractivity contribution is 0.102. The molecule has 0 spiro atoms. The molecule has 148 valence electrons. The molecule has 0 aliphatic rings. The number of nitrogens with zero attached hydrogens (tertiary/aromatic N) is 2. The molecule has 3 rings (SSSR count). The van der Waals surface area contributed by atoms with Crippen LogP contribution in [0.4, 0.5) is 11.5 Å². The fourth-order valence-electron chi connectivity index (χ4n) is 2.63. The first-order chi connectivity index (χ1) is 13.7. The van der Waals surface area contributed by atoms with Crippen molar-refractivity contribution in [2.75, 3.05) is 10.6 Å². The van der Waals surface area contributed by atoms with Crippen molar-refractivity contribution >= 4 is 34.9 Å². The number of aromatic nitrogens is 2. The van der Waals surface area contributed by atoms with Crippen molar-refractivity contribution < 1.29 is 9.59 Å². The van der Waals surface area contributed by atoms with Crippen LogP contribution < -0.4 is 10.6 Å². The first-order valence-corrected chi connectivity index (χ1v) is 9.40. The molecule has 2 heterocycles. The van der Waals surface area contributed by atoms with Gasteiger partial charge in [0.2, 0.25) is 0 Å². The molecule has 0 atom stereocenters. The van der Waals surface area contributed by atoms with Crippen LogP contribution in [-0.4, -0.2) is 21.8 Å². The molecule has 1 aromatic carbocycles. The van der Waals surface area contributed by atoms with E-state index in [1.165, 1.54) is 18.6 Å². The van der Waals surface area contributed by atoms with Gasteiger partial charge in [-0.25, -0.2) is 4.98 Å². The lowest BCUT2D eigenvalue weighted by Crippen LogP contribution is -2.19. The number of pyridine rings is 2. The minimum atomic E-state index is -0.439. The van der Waals surface area contributed by atoms with E-state index in [0.29, 0.717) is 22.1 Å². The van der Waals surface area contributed by atoms with Gasteiger partial charge in [0.05, 0.1) is 16.3 Å². The Morgan fingerprint density at radius 3 is 2.24 bits per heavy atom. The van der Waals surface area contributed by atoms with E-state index in [0.717, 1.165) is 5.56 Å². The Hall–Kier alpha value is -3.25. The molecule has 0 aliphatic carbocycles. The largest absolute Gasteiger partial charge is 0.321 e. The second-order valence-electron chi connectivity index (χ2n) is 7.52. The second-order valence-corrected chi connectivity index (χ2v) is 7.95. The van der Waals surface area contributed by atoms with Crippen molar-refractivity contribution in [3.63, 3.8) is 0 Å². The maximum atomic E-state index is 12.7. The number of amides is 2. The van der Waals surface area contributed by atoms with Gasteiger partial charge in [-0.3, -0.25) is 14.6 Å². The Kier molecular flexibility index (Phi) is 5.94. The predicted octanol–water partition coefficient (Wildman–Crippen LogP) is 4.93. The molecule has 2 N–H and O–H groups in total. The second kappa shape index (κ2) is 8.41. The maximum Gasteiger partial charge on any atom is 0.260 e. The van der Waals surface area contributed by atoms with Gasteiger partial charge in [-0.1, -0.05) is 44.5 Å². The van der Waals surface area contributed by atoms with Crippen LogP contribution in [0.3, 0.4) is 0 Å². The van der Waals surface area contributed by atoms with Crippen molar-refractivity contribution in [1.29, 1.82) is 0 Å². The standard InChI is InChI=1S/C22H21ClN4O2/c1-22(2,3)15-6-4-14(5-7-15)20(28)26-18-10-11-24-13-17(18)21(29)27-19-9-8-16(23)12-25-19/h4-13H,1-3H3,(H,24,26,28)(H,25,27,29). The summed E-state index contributed by atoms with van der Waals surface area (Å²) in [6, 6.07) is 12.2. The van der Waals surface area contributed by atoms with Crippen LogP contribution in [0.2, 0.25) is 5.02 Å². The van der Waals surface area contributed by atoms with E-state index in [2.05, 4.69) is 41.4 Å². The van der Waals surface area contributed by atoms with Gasteiger partial charge < -0.3 is 10.6 Å². The average molecular weight is 409 g/mol. The molecule has 2 aromatic heterocycles. The molecule has 0 fully saturated rings. The van der Waals surface area contributed by atoms with E-state index in [1.807, 2.05) is 12.1 Å². The van der Waals surface area contributed by atoms with Gasteiger partial charge >= 0.3 is 0 Å². The zero-order valence-electron chi connectivity index (χ0n) is 16.4. The van der Waals surface area contributed by atoms with Gasteiger partial charge in [-0.2, -0.15) is 0 Å². The third-order valence-corrected chi connectivity index (χ3v) is 4.52. The first-order valence-electron chi connectivity index (χ1n) is 9.03. The number of benzene rings is 1. The number of hydrogen-bond donors (Lipinski definition) is 2. The van der Waals surface area contributed by atoms with Crippen molar-refractivity contribution in [1.82, 2.24) is 9.97 Å². The van der Waals surface area contributed by atoms with E-state index in [1.54, 1.807) is 30.3 Å².